The van der Waals surface area contributed by atoms with Gasteiger partial charge in [0.1, 0.15) is 0 Å². The van der Waals surface area contributed by atoms with Gasteiger partial charge in [-0.2, -0.15) is 4.98 Å². The summed E-state index contributed by atoms with van der Waals surface area (Å²) in [5.41, 5.74) is 2.22. The first kappa shape index (κ1) is 15.7. The van der Waals surface area contributed by atoms with E-state index in [0.29, 0.717) is 30.6 Å². The van der Waals surface area contributed by atoms with Crippen molar-refractivity contribution < 1.29 is 9.32 Å². The number of benzene rings is 1. The Kier molecular flexibility index (Phi) is 5.05. The van der Waals surface area contributed by atoms with E-state index in [0.717, 1.165) is 24.8 Å². The average molecular weight is 313 g/mol. The van der Waals surface area contributed by atoms with Crippen LogP contribution in [0.1, 0.15) is 50.5 Å². The normalized spacial score (nSPS) is 15.0. The van der Waals surface area contributed by atoms with Crippen molar-refractivity contribution in [1.29, 1.82) is 0 Å². The summed E-state index contributed by atoms with van der Waals surface area (Å²) in [4.78, 5) is 16.3. The second kappa shape index (κ2) is 7.40. The van der Waals surface area contributed by atoms with E-state index in [1.54, 1.807) is 0 Å². The van der Waals surface area contributed by atoms with Gasteiger partial charge >= 0.3 is 0 Å². The van der Waals surface area contributed by atoms with Crippen LogP contribution in [0.5, 0.6) is 0 Å². The van der Waals surface area contributed by atoms with E-state index in [1.807, 2.05) is 12.1 Å². The number of carbonyl (C=O) groups is 1. The Morgan fingerprint density at radius 1 is 1.26 bits per heavy atom. The zero-order valence-electron chi connectivity index (χ0n) is 13.5. The predicted octanol–water partition coefficient (Wildman–Crippen LogP) is 3.29. The Morgan fingerprint density at radius 2 is 2.00 bits per heavy atom. The number of aryl methyl sites for hydroxylation is 2. The van der Waals surface area contributed by atoms with Crippen molar-refractivity contribution in [3.63, 3.8) is 0 Å². The second-order valence-corrected chi connectivity index (χ2v) is 6.11. The highest BCUT2D eigenvalue weighted by molar-refractivity contribution is 5.76. The maximum atomic E-state index is 11.9. The van der Waals surface area contributed by atoms with Gasteiger partial charge < -0.3 is 9.84 Å². The maximum Gasteiger partial charge on any atom is 0.227 e. The quantitative estimate of drug-likeness (QED) is 0.888. The standard InChI is InChI=1S/C18H23N3O2/c1-2-13-7-9-14(10-8-13)18-20-17(23-21-18)12-11-16(22)19-15-5-3-4-6-15/h7-10,15H,2-6,11-12H2,1H3,(H,19,22). The third-order valence-corrected chi connectivity index (χ3v) is 4.37. The Hall–Kier alpha value is -2.17. The smallest absolute Gasteiger partial charge is 0.227 e. The van der Waals surface area contributed by atoms with Gasteiger partial charge in [0.15, 0.2) is 0 Å². The lowest BCUT2D eigenvalue weighted by Crippen LogP contribution is -2.32. The number of hydrogen-bond acceptors (Lipinski definition) is 4. The fourth-order valence-electron chi connectivity index (χ4n) is 2.95. The molecule has 3 rings (SSSR count). The number of nitrogens with zero attached hydrogens (tertiary/aromatic N) is 2. The van der Waals surface area contributed by atoms with Crippen LogP contribution in [0.2, 0.25) is 0 Å². The summed E-state index contributed by atoms with van der Waals surface area (Å²) in [5, 5.41) is 7.08. The van der Waals surface area contributed by atoms with Crippen molar-refractivity contribution >= 4 is 5.91 Å². The SMILES string of the molecule is CCc1ccc(-c2noc(CCC(=O)NC3CCCC3)n2)cc1. The van der Waals surface area contributed by atoms with Crippen molar-refractivity contribution in [2.45, 2.75) is 57.9 Å². The zero-order valence-corrected chi connectivity index (χ0v) is 13.5. The summed E-state index contributed by atoms with van der Waals surface area (Å²) < 4.78 is 5.25. The van der Waals surface area contributed by atoms with Gasteiger partial charge in [-0.15, -0.1) is 0 Å². The molecule has 1 saturated carbocycles. The van der Waals surface area contributed by atoms with Gasteiger partial charge in [0.25, 0.3) is 0 Å². The Bertz CT molecular complexity index is 643. The summed E-state index contributed by atoms with van der Waals surface area (Å²) in [6, 6.07) is 8.50. The Labute approximate surface area is 136 Å². The van der Waals surface area contributed by atoms with Gasteiger partial charge in [0.2, 0.25) is 17.6 Å². The molecule has 0 spiro atoms. The van der Waals surface area contributed by atoms with E-state index in [1.165, 1.54) is 18.4 Å². The lowest BCUT2D eigenvalue weighted by molar-refractivity contribution is -0.121. The molecule has 1 aromatic heterocycles. The minimum Gasteiger partial charge on any atom is -0.353 e. The predicted molar refractivity (Wildman–Crippen MR) is 87.8 cm³/mol. The number of amides is 1. The van der Waals surface area contributed by atoms with Crippen molar-refractivity contribution in [3.8, 4) is 11.4 Å². The minimum atomic E-state index is 0.0731. The molecule has 1 aliphatic rings. The fraction of sp³-hybridized carbons (Fsp3) is 0.500. The van der Waals surface area contributed by atoms with Gasteiger partial charge in [0.05, 0.1) is 0 Å². The molecule has 0 bridgehead atoms. The third-order valence-electron chi connectivity index (χ3n) is 4.37. The first-order valence-corrected chi connectivity index (χ1v) is 8.46. The van der Waals surface area contributed by atoms with Crippen LogP contribution >= 0.6 is 0 Å². The van der Waals surface area contributed by atoms with Crippen LogP contribution in [0, 0.1) is 0 Å². The van der Waals surface area contributed by atoms with Gasteiger partial charge in [0, 0.05) is 24.4 Å². The van der Waals surface area contributed by atoms with Crippen LogP contribution in [0.15, 0.2) is 28.8 Å². The number of rotatable bonds is 6. The van der Waals surface area contributed by atoms with Gasteiger partial charge in [-0.3, -0.25) is 4.79 Å². The van der Waals surface area contributed by atoms with Crippen molar-refractivity contribution in [2.75, 3.05) is 0 Å². The van der Waals surface area contributed by atoms with Crippen LogP contribution in [0.4, 0.5) is 0 Å². The molecule has 1 aromatic carbocycles. The highest BCUT2D eigenvalue weighted by Gasteiger charge is 2.17. The van der Waals surface area contributed by atoms with Crippen molar-refractivity contribution in [2.24, 2.45) is 0 Å². The largest absolute Gasteiger partial charge is 0.353 e. The van der Waals surface area contributed by atoms with Crippen LogP contribution < -0.4 is 5.32 Å². The molecule has 0 radical (unpaired) electrons. The molecule has 5 heteroatoms. The summed E-state index contributed by atoms with van der Waals surface area (Å²) >= 11 is 0. The molecule has 23 heavy (non-hydrogen) atoms. The second-order valence-electron chi connectivity index (χ2n) is 6.11. The molecular formula is C18H23N3O2. The third kappa shape index (κ3) is 4.18. The van der Waals surface area contributed by atoms with E-state index >= 15 is 0 Å². The molecule has 1 fully saturated rings. The molecule has 1 heterocycles. The monoisotopic (exact) mass is 313 g/mol. The van der Waals surface area contributed by atoms with E-state index in [-0.39, 0.29) is 5.91 Å². The highest BCUT2D eigenvalue weighted by Crippen LogP contribution is 2.19. The van der Waals surface area contributed by atoms with E-state index < -0.39 is 0 Å². The lowest BCUT2D eigenvalue weighted by Gasteiger charge is -2.10. The van der Waals surface area contributed by atoms with Crippen LogP contribution in [-0.4, -0.2) is 22.1 Å². The molecule has 122 valence electrons. The van der Waals surface area contributed by atoms with Gasteiger partial charge in [-0.05, 0) is 24.8 Å². The minimum absolute atomic E-state index is 0.0731. The highest BCUT2D eigenvalue weighted by atomic mass is 16.5. The van der Waals surface area contributed by atoms with E-state index in [9.17, 15) is 4.79 Å². The first-order valence-electron chi connectivity index (χ1n) is 8.46. The molecule has 1 amide bonds. The topological polar surface area (TPSA) is 68.0 Å². The number of carbonyl (C=O) groups excluding carboxylic acids is 1. The van der Waals surface area contributed by atoms with Crippen molar-refractivity contribution in [1.82, 2.24) is 15.5 Å². The van der Waals surface area contributed by atoms with Crippen LogP contribution in [0.25, 0.3) is 11.4 Å². The Balaban J connectivity index is 1.53. The van der Waals surface area contributed by atoms with Gasteiger partial charge in [-0.25, -0.2) is 0 Å². The molecule has 0 saturated heterocycles. The molecule has 0 unspecified atom stereocenters. The molecule has 5 nitrogen and oxygen atoms in total. The summed E-state index contributed by atoms with van der Waals surface area (Å²) in [6.45, 7) is 2.12. The van der Waals surface area contributed by atoms with Crippen LogP contribution in [0.3, 0.4) is 0 Å². The fourth-order valence-corrected chi connectivity index (χ4v) is 2.95. The van der Waals surface area contributed by atoms with E-state index in [4.69, 9.17) is 4.52 Å². The average Bonchev–Trinajstić information content (AvgIpc) is 3.25. The molecular weight excluding hydrogens is 290 g/mol. The summed E-state index contributed by atoms with van der Waals surface area (Å²) in [5.74, 6) is 1.17. The van der Waals surface area contributed by atoms with E-state index in [2.05, 4.69) is 34.5 Å². The molecule has 0 atom stereocenters. The summed E-state index contributed by atoms with van der Waals surface area (Å²) in [7, 11) is 0. The zero-order chi connectivity index (χ0) is 16.1. The molecule has 1 aliphatic carbocycles. The van der Waals surface area contributed by atoms with Gasteiger partial charge in [-0.1, -0.05) is 49.2 Å². The number of aromatic nitrogens is 2. The maximum absolute atomic E-state index is 11.9. The Morgan fingerprint density at radius 3 is 2.70 bits per heavy atom. The summed E-state index contributed by atoms with van der Waals surface area (Å²) in [6.07, 6.45) is 6.53. The molecule has 1 N–H and O–H groups in total. The van der Waals surface area contributed by atoms with Crippen molar-refractivity contribution in [3.05, 3.63) is 35.7 Å². The molecule has 2 aromatic rings. The first-order chi connectivity index (χ1) is 11.2. The molecule has 0 aliphatic heterocycles. The number of hydrogen-bond donors (Lipinski definition) is 1. The van der Waals surface area contributed by atoms with Crippen LogP contribution in [-0.2, 0) is 17.6 Å². The lowest BCUT2D eigenvalue weighted by atomic mass is 10.1. The number of nitrogens with one attached hydrogen (secondary N) is 1.